The van der Waals surface area contributed by atoms with E-state index in [0.29, 0.717) is 0 Å². The quantitative estimate of drug-likeness (QED) is 0.104. The van der Waals surface area contributed by atoms with Crippen molar-refractivity contribution in [3.63, 3.8) is 0 Å². The van der Waals surface area contributed by atoms with Gasteiger partial charge in [-0.25, -0.2) is 27.1 Å². The molecule has 0 bridgehead atoms. The lowest BCUT2D eigenvalue weighted by Gasteiger charge is -2.27. The predicted molar refractivity (Wildman–Crippen MR) is 370 cm³/mol. The summed E-state index contributed by atoms with van der Waals surface area (Å²) >= 11 is 0. The van der Waals surface area contributed by atoms with E-state index in [4.69, 9.17) is 10.3 Å². The maximum absolute atomic E-state index is 12.2. The van der Waals surface area contributed by atoms with Gasteiger partial charge in [0.05, 0.1) is 32.0 Å². The molecule has 12 heteroatoms. The third-order valence-electron chi connectivity index (χ3n) is 17.5. The van der Waals surface area contributed by atoms with E-state index in [1.807, 2.05) is 71.1 Å². The molecular weight excluding hydrogens is 1130 g/mol. The van der Waals surface area contributed by atoms with Crippen molar-refractivity contribution >= 4 is 87.1 Å². The van der Waals surface area contributed by atoms with E-state index >= 15 is 0 Å². The van der Waals surface area contributed by atoms with Crippen LogP contribution in [0.2, 0.25) is 0 Å². The molecule has 0 fully saturated rings. The summed E-state index contributed by atoms with van der Waals surface area (Å²) in [4.78, 5) is 4.82. The van der Waals surface area contributed by atoms with Crippen LogP contribution in [0.25, 0.3) is 21.5 Å². The van der Waals surface area contributed by atoms with Crippen LogP contribution in [0.4, 0.5) is 34.1 Å². The first-order valence-corrected chi connectivity index (χ1v) is 33.4. The molecule has 0 saturated heterocycles. The summed E-state index contributed by atoms with van der Waals surface area (Å²) in [5.74, 6) is 0. The van der Waals surface area contributed by atoms with Crippen molar-refractivity contribution in [2.45, 2.75) is 115 Å². The Morgan fingerprint density at radius 3 is 1.34 bits per heavy atom. The zero-order valence-corrected chi connectivity index (χ0v) is 55.0. The van der Waals surface area contributed by atoms with Crippen LogP contribution in [0.5, 0.6) is 0 Å². The van der Waals surface area contributed by atoms with Crippen molar-refractivity contribution in [1.29, 1.82) is 0 Å². The van der Waals surface area contributed by atoms with Gasteiger partial charge in [-0.05, 0) is 139 Å². The fourth-order valence-electron chi connectivity index (χ4n) is 13.3. The van der Waals surface area contributed by atoms with Crippen LogP contribution >= 0.6 is 0 Å². The topological polar surface area (TPSA) is 133 Å². The summed E-state index contributed by atoms with van der Waals surface area (Å²) in [6.45, 7) is 25.6. The van der Waals surface area contributed by atoms with Crippen molar-refractivity contribution < 1.29 is 26.0 Å². The molecule has 8 aromatic rings. The Labute approximate surface area is 523 Å². The van der Waals surface area contributed by atoms with Gasteiger partial charge in [0.2, 0.25) is 31.4 Å². The molecule has 0 amide bonds. The number of nitrogens with two attached hydrogens (primary N) is 2. The second kappa shape index (κ2) is 24.9. The molecule has 88 heavy (non-hydrogen) atoms. The van der Waals surface area contributed by atoms with Crippen LogP contribution in [0, 0.1) is 0 Å². The van der Waals surface area contributed by atoms with Crippen LogP contribution < -0.4 is 20.1 Å². The molecule has 8 aromatic carbocycles. The highest BCUT2D eigenvalue weighted by atomic mass is 32.2. The zero-order valence-electron chi connectivity index (χ0n) is 53.3. The van der Waals surface area contributed by atoms with E-state index in [0.717, 1.165) is 45.3 Å². The molecular formula is C76H84N6O4S2+2. The van der Waals surface area contributed by atoms with Gasteiger partial charge in [0, 0.05) is 69.0 Å². The molecule has 0 spiro atoms. The first-order chi connectivity index (χ1) is 41.8. The van der Waals surface area contributed by atoms with Gasteiger partial charge in [-0.2, -0.15) is 9.15 Å². The summed E-state index contributed by atoms with van der Waals surface area (Å²) in [5, 5.41) is 16.0. The number of benzene rings is 8. The largest absolute Gasteiger partial charge is 0.313 e. The second-order valence-corrected chi connectivity index (χ2v) is 27.3. The average Bonchev–Trinajstić information content (AvgIpc) is 1.70. The van der Waals surface area contributed by atoms with E-state index in [9.17, 15) is 16.8 Å². The minimum absolute atomic E-state index is 0.121. The molecule has 4 aliphatic rings. The fourth-order valence-corrected chi connectivity index (χ4v) is 14.3. The molecule has 0 atom stereocenters. The zero-order chi connectivity index (χ0) is 63.7. The van der Waals surface area contributed by atoms with Gasteiger partial charge in [0.15, 0.2) is 11.4 Å². The molecule has 4 heterocycles. The lowest BCUT2D eigenvalue weighted by molar-refractivity contribution is -0.401. The summed E-state index contributed by atoms with van der Waals surface area (Å²) in [5.41, 5.74) is 14.5. The number of anilines is 4. The van der Waals surface area contributed by atoms with Gasteiger partial charge >= 0.3 is 0 Å². The number of para-hydroxylation sites is 2. The number of primary sulfonamides is 2. The number of fused-ring (bicyclic) bond motifs is 8. The summed E-state index contributed by atoms with van der Waals surface area (Å²) < 4.78 is 52.7. The van der Waals surface area contributed by atoms with Crippen LogP contribution in [-0.2, 0) is 41.7 Å². The molecule has 4 aliphatic heterocycles. The Hall–Kier alpha value is -8.52. The maximum atomic E-state index is 12.2. The third kappa shape index (κ3) is 11.6. The monoisotopic (exact) mass is 1210 g/mol. The van der Waals surface area contributed by atoms with Gasteiger partial charge in [-0.15, -0.1) is 0 Å². The van der Waals surface area contributed by atoms with Crippen molar-refractivity contribution in [3.8, 4) is 0 Å². The molecule has 12 rings (SSSR count). The van der Waals surface area contributed by atoms with Gasteiger partial charge in [0.25, 0.3) is 0 Å². The Morgan fingerprint density at radius 1 is 0.398 bits per heavy atom. The standard InChI is InChI=1S/2C36H36N3O2S.2C2H6/c1-35(2)29-24-27(42(37,40)41)21-23-30(29)39(26-15-8-6-9-16-26)33(35)19-11-7-10-18-32-36(3,4)34-28-17-13-12-14-25(28)20-22-31(34)38(32)5;1-35(2)29-24-27(42(37,40)41)21-23-30(29)38(5)32(35)18-10-7-11-19-33-36(3,4)34-28-17-13-12-14-25(28)20-22-31(34)39(33)26-15-8-6-9-16-26;2*1-2/h2*6-24H,1-5H3,(H2,37,40,41);2*1-2H3/q2*+1;;. The molecule has 0 unspecified atom stereocenters. The normalized spacial score (nSPS) is 17.8. The second-order valence-electron chi connectivity index (χ2n) is 24.1. The SMILES string of the molecule is CC.CC.C[N+]1=C(C=CC=CC=C2N(c3ccccc3)c3ccc(S(N)(=O)=O)cc3C2(C)C)C(C)(C)c2c1ccc1ccccc21.C[N+]1=C(C=CC=CC=C2N(c3ccccc3)c3ccc4ccccc4c3C2(C)C)C(C)(C)c2cc(S(N)(=O)=O)ccc21. The van der Waals surface area contributed by atoms with Crippen LogP contribution in [0.15, 0.2) is 252 Å². The molecule has 4 N–H and O–H groups in total. The van der Waals surface area contributed by atoms with Crippen molar-refractivity contribution in [2.24, 2.45) is 10.3 Å². The molecule has 0 aromatic heterocycles. The van der Waals surface area contributed by atoms with Crippen molar-refractivity contribution in [1.82, 2.24) is 0 Å². The summed E-state index contributed by atoms with van der Waals surface area (Å²) in [6, 6.07) is 57.0. The molecule has 452 valence electrons. The lowest BCUT2D eigenvalue weighted by atomic mass is 9.79. The van der Waals surface area contributed by atoms with Gasteiger partial charge < -0.3 is 9.80 Å². The first kappa shape index (κ1) is 64.0. The highest BCUT2D eigenvalue weighted by Crippen LogP contribution is 2.55. The van der Waals surface area contributed by atoms with E-state index in [2.05, 4.69) is 251 Å². The minimum atomic E-state index is -3.82. The summed E-state index contributed by atoms with van der Waals surface area (Å²) in [7, 11) is -3.45. The van der Waals surface area contributed by atoms with Gasteiger partial charge in [0.1, 0.15) is 14.1 Å². The van der Waals surface area contributed by atoms with Crippen LogP contribution in [-0.4, -0.2) is 51.5 Å². The molecule has 10 nitrogen and oxygen atoms in total. The Morgan fingerprint density at radius 2 is 0.807 bits per heavy atom. The van der Waals surface area contributed by atoms with Crippen molar-refractivity contribution in [3.05, 3.63) is 264 Å². The van der Waals surface area contributed by atoms with Crippen LogP contribution in [0.3, 0.4) is 0 Å². The lowest BCUT2D eigenvalue weighted by Crippen LogP contribution is -2.26. The van der Waals surface area contributed by atoms with E-state index in [-0.39, 0.29) is 26.0 Å². The predicted octanol–water partition coefficient (Wildman–Crippen LogP) is 17.3. The van der Waals surface area contributed by atoms with Gasteiger partial charge in [-0.1, -0.05) is 183 Å². The van der Waals surface area contributed by atoms with Crippen LogP contribution in [0.1, 0.15) is 105 Å². The number of sulfonamides is 2. The molecule has 0 saturated carbocycles. The number of hydrogen-bond donors (Lipinski definition) is 2. The summed E-state index contributed by atoms with van der Waals surface area (Å²) in [6.07, 6.45) is 21.1. The van der Waals surface area contributed by atoms with Crippen molar-refractivity contribution in [2.75, 3.05) is 23.9 Å². The fraction of sp³-hybridized carbons (Fsp3) is 0.237. The highest BCUT2D eigenvalue weighted by molar-refractivity contribution is 7.89. The third-order valence-corrected chi connectivity index (χ3v) is 19.3. The maximum Gasteiger partial charge on any atom is 0.238 e. The van der Waals surface area contributed by atoms with E-state index in [1.165, 1.54) is 55.5 Å². The molecule has 0 radical (unpaired) electrons. The smallest absolute Gasteiger partial charge is 0.238 e. The van der Waals surface area contributed by atoms with Gasteiger partial charge in [-0.3, -0.25) is 0 Å². The highest BCUT2D eigenvalue weighted by Gasteiger charge is 2.46. The average molecular weight is 1210 g/mol. The van der Waals surface area contributed by atoms with E-state index < -0.39 is 25.5 Å². The Balaban J connectivity index is 0.000000198. The number of allylic oxidation sites excluding steroid dienone is 12. The van der Waals surface area contributed by atoms with E-state index in [1.54, 1.807) is 24.3 Å². The Bertz CT molecular complexity index is 4500. The number of rotatable bonds is 10. The molecule has 0 aliphatic carbocycles. The number of nitrogens with zero attached hydrogens (tertiary/aromatic N) is 4. The Kier molecular flexibility index (Phi) is 18.1. The minimum Gasteiger partial charge on any atom is -0.313 e. The first-order valence-electron chi connectivity index (χ1n) is 30.3. The number of hydrogen-bond acceptors (Lipinski definition) is 6.